The maximum atomic E-state index is 5.46. The molecular formula is C8H17Cl2N5S. The minimum absolute atomic E-state index is 0. The molecule has 0 radical (unpaired) electrons. The molecule has 0 aliphatic carbocycles. The van der Waals surface area contributed by atoms with Gasteiger partial charge in [0.2, 0.25) is 0 Å². The van der Waals surface area contributed by atoms with Gasteiger partial charge in [-0.25, -0.2) is 4.98 Å². The van der Waals surface area contributed by atoms with Crippen molar-refractivity contribution in [3.8, 4) is 0 Å². The van der Waals surface area contributed by atoms with E-state index < -0.39 is 0 Å². The highest BCUT2D eigenvalue weighted by Crippen LogP contribution is 2.07. The van der Waals surface area contributed by atoms with Crippen LogP contribution in [0.15, 0.2) is 17.5 Å². The number of H-pyrrole nitrogens is 1. The number of nitrogens with zero attached hydrogens (tertiary/aromatic N) is 2. The number of guanidine groups is 1. The van der Waals surface area contributed by atoms with Gasteiger partial charge in [-0.1, -0.05) is 0 Å². The Kier molecular flexibility index (Phi) is 12.1. The smallest absolute Gasteiger partial charge is 0.188 e. The molecule has 16 heavy (non-hydrogen) atoms. The minimum Gasteiger partial charge on any atom is -0.370 e. The second-order valence-corrected chi connectivity index (χ2v) is 3.77. The molecule has 8 heteroatoms. The summed E-state index contributed by atoms with van der Waals surface area (Å²) >= 11 is 1.82. The van der Waals surface area contributed by atoms with Gasteiger partial charge in [-0.15, -0.1) is 24.8 Å². The first-order chi connectivity index (χ1) is 6.83. The fourth-order valence-electron chi connectivity index (χ4n) is 0.876. The molecule has 0 saturated heterocycles. The number of rotatable bonds is 5. The van der Waals surface area contributed by atoms with E-state index in [-0.39, 0.29) is 24.8 Å². The van der Waals surface area contributed by atoms with Crippen LogP contribution in [-0.2, 0) is 5.75 Å². The highest BCUT2D eigenvalue weighted by atomic mass is 35.5. The number of nitrogens with one attached hydrogen (secondary N) is 2. The molecule has 1 rings (SSSR count). The summed E-state index contributed by atoms with van der Waals surface area (Å²) in [6.45, 7) is 0.835. The molecule has 0 spiro atoms. The number of aromatic amines is 1. The third-order valence-electron chi connectivity index (χ3n) is 1.61. The van der Waals surface area contributed by atoms with Crippen molar-refractivity contribution in [3.05, 3.63) is 18.2 Å². The number of nitrogens with two attached hydrogens (primary N) is 1. The highest BCUT2D eigenvalue weighted by molar-refractivity contribution is 7.98. The Morgan fingerprint density at radius 3 is 2.94 bits per heavy atom. The fourth-order valence-corrected chi connectivity index (χ4v) is 1.64. The van der Waals surface area contributed by atoms with Crippen LogP contribution >= 0.6 is 36.6 Å². The van der Waals surface area contributed by atoms with Crippen LogP contribution in [0.1, 0.15) is 5.69 Å². The Hall–Kier alpha value is -0.590. The fraction of sp³-hybridized carbons (Fsp3) is 0.500. The topological polar surface area (TPSA) is 79.1 Å². The number of imidazole rings is 1. The van der Waals surface area contributed by atoms with Gasteiger partial charge in [0, 0.05) is 37.0 Å². The average Bonchev–Trinajstić information content (AvgIpc) is 2.69. The molecule has 1 aromatic rings. The Morgan fingerprint density at radius 2 is 2.38 bits per heavy atom. The summed E-state index contributed by atoms with van der Waals surface area (Å²) in [5.74, 6) is 2.44. The average molecular weight is 286 g/mol. The van der Waals surface area contributed by atoms with Crippen LogP contribution in [0.3, 0.4) is 0 Å². The van der Waals surface area contributed by atoms with Gasteiger partial charge in [0.05, 0.1) is 6.33 Å². The van der Waals surface area contributed by atoms with Crippen LogP contribution in [0.4, 0.5) is 0 Å². The molecule has 0 unspecified atom stereocenters. The van der Waals surface area contributed by atoms with Crippen molar-refractivity contribution >= 4 is 42.5 Å². The van der Waals surface area contributed by atoms with Crippen molar-refractivity contribution in [2.75, 3.05) is 19.3 Å². The van der Waals surface area contributed by atoms with E-state index in [2.05, 4.69) is 20.3 Å². The van der Waals surface area contributed by atoms with E-state index in [1.54, 1.807) is 13.4 Å². The monoisotopic (exact) mass is 285 g/mol. The zero-order valence-corrected chi connectivity index (χ0v) is 11.4. The van der Waals surface area contributed by atoms with Crippen molar-refractivity contribution in [2.45, 2.75) is 5.75 Å². The number of thioether (sulfide) groups is 1. The van der Waals surface area contributed by atoms with E-state index >= 15 is 0 Å². The normalized spacial score (nSPS) is 10.2. The summed E-state index contributed by atoms with van der Waals surface area (Å²) in [4.78, 5) is 10.8. The first kappa shape index (κ1) is 17.8. The summed E-state index contributed by atoms with van der Waals surface area (Å²) < 4.78 is 0. The molecule has 0 atom stereocenters. The number of aromatic nitrogens is 2. The Morgan fingerprint density at radius 1 is 1.62 bits per heavy atom. The van der Waals surface area contributed by atoms with Crippen LogP contribution in [0, 0.1) is 0 Å². The molecule has 0 saturated carbocycles. The van der Waals surface area contributed by atoms with Gasteiger partial charge < -0.3 is 16.0 Å². The van der Waals surface area contributed by atoms with Crippen molar-refractivity contribution < 1.29 is 0 Å². The van der Waals surface area contributed by atoms with E-state index in [1.165, 1.54) is 0 Å². The first-order valence-electron chi connectivity index (χ1n) is 4.34. The van der Waals surface area contributed by atoms with Crippen LogP contribution in [0.5, 0.6) is 0 Å². The van der Waals surface area contributed by atoms with Crippen molar-refractivity contribution in [3.63, 3.8) is 0 Å². The number of hydrogen-bond acceptors (Lipinski definition) is 3. The lowest BCUT2D eigenvalue weighted by molar-refractivity contribution is 0.958. The first-order valence-corrected chi connectivity index (χ1v) is 5.49. The molecule has 94 valence electrons. The van der Waals surface area contributed by atoms with E-state index in [0.29, 0.717) is 5.96 Å². The van der Waals surface area contributed by atoms with Gasteiger partial charge in [0.25, 0.3) is 0 Å². The highest BCUT2D eigenvalue weighted by Gasteiger charge is 1.94. The van der Waals surface area contributed by atoms with Gasteiger partial charge in [0.15, 0.2) is 5.96 Å². The lowest BCUT2D eigenvalue weighted by Crippen LogP contribution is -2.32. The molecular weight excluding hydrogens is 269 g/mol. The van der Waals surface area contributed by atoms with Crippen LogP contribution in [0.25, 0.3) is 0 Å². The van der Waals surface area contributed by atoms with Gasteiger partial charge in [0.1, 0.15) is 0 Å². The molecule has 0 bridgehead atoms. The second kappa shape index (κ2) is 10.9. The van der Waals surface area contributed by atoms with Crippen molar-refractivity contribution in [1.29, 1.82) is 0 Å². The summed E-state index contributed by atoms with van der Waals surface area (Å²) in [6.07, 6.45) is 3.53. The quantitative estimate of drug-likeness (QED) is 0.429. The summed E-state index contributed by atoms with van der Waals surface area (Å²) in [5.41, 5.74) is 6.61. The minimum atomic E-state index is 0. The molecule has 1 aromatic heterocycles. The molecule has 0 aliphatic rings. The number of aliphatic imine (C=N–C) groups is 1. The Bertz CT molecular complexity index is 278. The SMILES string of the molecule is CN=C(N)NCCSCc1cnc[nH]1.Cl.Cl. The predicted octanol–water partition coefficient (Wildman–Crippen LogP) is 1.02. The van der Waals surface area contributed by atoms with Crippen LogP contribution in [0.2, 0.25) is 0 Å². The maximum absolute atomic E-state index is 5.46. The molecule has 5 nitrogen and oxygen atoms in total. The molecule has 4 N–H and O–H groups in total. The molecule has 0 aromatic carbocycles. The zero-order valence-electron chi connectivity index (χ0n) is 8.97. The van der Waals surface area contributed by atoms with Crippen molar-refractivity contribution in [2.24, 2.45) is 10.7 Å². The molecule has 0 aliphatic heterocycles. The maximum Gasteiger partial charge on any atom is 0.188 e. The molecule has 1 heterocycles. The summed E-state index contributed by atoms with van der Waals surface area (Å²) in [7, 11) is 1.67. The lowest BCUT2D eigenvalue weighted by atomic mass is 10.6. The van der Waals surface area contributed by atoms with Gasteiger partial charge in [-0.2, -0.15) is 11.8 Å². The summed E-state index contributed by atoms with van der Waals surface area (Å²) in [5, 5.41) is 2.99. The Balaban J connectivity index is 0. The van der Waals surface area contributed by atoms with E-state index in [9.17, 15) is 0 Å². The Labute approximate surface area is 112 Å². The third-order valence-corrected chi connectivity index (χ3v) is 2.61. The zero-order chi connectivity index (χ0) is 10.2. The van der Waals surface area contributed by atoms with Gasteiger partial charge in [-0.3, -0.25) is 4.99 Å². The number of hydrogen-bond donors (Lipinski definition) is 3. The molecule has 0 amide bonds. The molecule has 0 fully saturated rings. The third kappa shape index (κ3) is 7.67. The van der Waals surface area contributed by atoms with Gasteiger partial charge >= 0.3 is 0 Å². The van der Waals surface area contributed by atoms with E-state index in [4.69, 9.17) is 5.73 Å². The lowest BCUT2D eigenvalue weighted by Gasteiger charge is -2.03. The number of halogens is 2. The van der Waals surface area contributed by atoms with Crippen LogP contribution < -0.4 is 11.1 Å². The predicted molar refractivity (Wildman–Crippen MR) is 74.8 cm³/mol. The standard InChI is InChI=1S/C8H15N5S.2ClH/c1-10-8(9)12-2-3-14-5-7-4-11-6-13-7;;/h4,6H,2-3,5H2,1H3,(H,11,13)(H3,9,10,12);2*1H. The van der Waals surface area contributed by atoms with Crippen molar-refractivity contribution in [1.82, 2.24) is 15.3 Å². The van der Waals surface area contributed by atoms with E-state index in [0.717, 1.165) is 23.7 Å². The van der Waals surface area contributed by atoms with Crippen LogP contribution in [-0.4, -0.2) is 35.3 Å². The van der Waals surface area contributed by atoms with Gasteiger partial charge in [-0.05, 0) is 0 Å². The largest absolute Gasteiger partial charge is 0.370 e. The second-order valence-electron chi connectivity index (χ2n) is 2.67. The summed E-state index contributed by atoms with van der Waals surface area (Å²) in [6, 6.07) is 0. The van der Waals surface area contributed by atoms with E-state index in [1.807, 2.05) is 18.0 Å².